The molecule has 1 aliphatic heterocycles. The van der Waals surface area contributed by atoms with Gasteiger partial charge in [0.2, 0.25) is 0 Å². The van der Waals surface area contributed by atoms with Crippen LogP contribution in [0.1, 0.15) is 28.5 Å². The second-order valence-corrected chi connectivity index (χ2v) is 8.24. The van der Waals surface area contributed by atoms with Crippen molar-refractivity contribution >= 4 is 5.69 Å². The molecule has 0 N–H and O–H groups in total. The molecule has 172 valence electrons. The van der Waals surface area contributed by atoms with E-state index in [9.17, 15) is 4.39 Å². The summed E-state index contributed by atoms with van der Waals surface area (Å²) < 4.78 is 20.1. The molecule has 0 bridgehead atoms. The maximum Gasteiger partial charge on any atom is 0.178 e. The van der Waals surface area contributed by atoms with Crippen molar-refractivity contribution in [1.29, 1.82) is 0 Å². The van der Waals surface area contributed by atoms with Crippen LogP contribution in [0.5, 0.6) is 0 Å². The molecule has 4 heterocycles. The largest absolute Gasteiger partial charge is 0.378 e. The number of hydrogen-bond donors (Lipinski definition) is 0. The van der Waals surface area contributed by atoms with E-state index in [0.717, 1.165) is 28.3 Å². The number of pyridine rings is 1. The molecule has 1 aromatic carbocycles. The number of hydrogen-bond acceptors (Lipinski definition) is 7. The SMILES string of the molecule is Cc1cccc(-c2nccc(Cc3ccnc(Cc4ccc(N5CCOCC5)c(F)c4)n3)n2)n1. The summed E-state index contributed by atoms with van der Waals surface area (Å²) in [6.07, 6.45) is 4.47. The Morgan fingerprint density at radius 3 is 2.47 bits per heavy atom. The number of halogens is 1. The summed E-state index contributed by atoms with van der Waals surface area (Å²) in [5, 5.41) is 0. The highest BCUT2D eigenvalue weighted by atomic mass is 19.1. The van der Waals surface area contributed by atoms with Gasteiger partial charge in [-0.3, -0.25) is 0 Å². The first-order valence-corrected chi connectivity index (χ1v) is 11.3. The Kier molecular flexibility index (Phi) is 6.49. The van der Waals surface area contributed by atoms with Crippen LogP contribution in [0, 0.1) is 12.7 Å². The van der Waals surface area contributed by atoms with Crippen LogP contribution in [0.25, 0.3) is 11.5 Å². The molecule has 0 aliphatic carbocycles. The molecule has 0 atom stereocenters. The van der Waals surface area contributed by atoms with Crippen LogP contribution in [0.4, 0.5) is 10.1 Å². The normalized spacial score (nSPS) is 13.8. The second-order valence-electron chi connectivity index (χ2n) is 8.24. The third-order valence-corrected chi connectivity index (χ3v) is 5.68. The van der Waals surface area contributed by atoms with Crippen LogP contribution < -0.4 is 4.90 Å². The van der Waals surface area contributed by atoms with E-state index in [1.807, 2.05) is 54.3 Å². The molecule has 0 saturated carbocycles. The predicted molar refractivity (Wildman–Crippen MR) is 127 cm³/mol. The Bertz CT molecular complexity index is 1290. The van der Waals surface area contributed by atoms with E-state index in [1.54, 1.807) is 18.5 Å². The van der Waals surface area contributed by atoms with Gasteiger partial charge >= 0.3 is 0 Å². The van der Waals surface area contributed by atoms with Gasteiger partial charge in [0.25, 0.3) is 0 Å². The molecule has 0 radical (unpaired) electrons. The van der Waals surface area contributed by atoms with Crippen LogP contribution in [0.15, 0.2) is 60.9 Å². The fourth-order valence-corrected chi connectivity index (χ4v) is 4.00. The number of ether oxygens (including phenoxy) is 1. The maximum atomic E-state index is 14.8. The molecule has 1 aliphatic rings. The van der Waals surface area contributed by atoms with Gasteiger partial charge in [-0.05, 0) is 48.9 Å². The molecule has 0 unspecified atom stereocenters. The lowest BCUT2D eigenvalue weighted by Gasteiger charge is -2.29. The van der Waals surface area contributed by atoms with Crippen molar-refractivity contribution in [1.82, 2.24) is 24.9 Å². The van der Waals surface area contributed by atoms with E-state index in [4.69, 9.17) is 4.74 Å². The minimum Gasteiger partial charge on any atom is -0.378 e. The number of anilines is 1. The third-order valence-electron chi connectivity index (χ3n) is 5.68. The lowest BCUT2D eigenvalue weighted by molar-refractivity contribution is 0.122. The predicted octanol–water partition coefficient (Wildman–Crippen LogP) is 3.79. The van der Waals surface area contributed by atoms with Gasteiger partial charge in [0, 0.05) is 44.0 Å². The molecular weight excluding hydrogens is 431 g/mol. The molecule has 8 heteroatoms. The average molecular weight is 457 g/mol. The molecule has 34 heavy (non-hydrogen) atoms. The fraction of sp³-hybridized carbons (Fsp3) is 0.269. The third kappa shape index (κ3) is 5.23. The summed E-state index contributed by atoms with van der Waals surface area (Å²) in [5.74, 6) is 1.01. The summed E-state index contributed by atoms with van der Waals surface area (Å²) in [4.78, 5) is 24.6. The van der Waals surface area contributed by atoms with Crippen molar-refractivity contribution in [3.05, 3.63) is 95.2 Å². The van der Waals surface area contributed by atoms with Gasteiger partial charge in [-0.2, -0.15) is 0 Å². The van der Waals surface area contributed by atoms with Crippen LogP contribution in [0.2, 0.25) is 0 Å². The number of rotatable bonds is 6. The standard InChI is InChI=1S/C26H25FN6O/c1-18-3-2-4-23(30-18)26-29-10-8-21(32-26)17-20-7-9-28-25(31-20)16-19-5-6-24(22(27)15-19)33-11-13-34-14-12-33/h2-10,15H,11-14,16-17H2,1H3. The van der Waals surface area contributed by atoms with Crippen molar-refractivity contribution in [3.8, 4) is 11.5 Å². The minimum absolute atomic E-state index is 0.228. The lowest BCUT2D eigenvalue weighted by Crippen LogP contribution is -2.36. The summed E-state index contributed by atoms with van der Waals surface area (Å²) >= 11 is 0. The zero-order chi connectivity index (χ0) is 23.3. The Morgan fingerprint density at radius 2 is 1.68 bits per heavy atom. The highest BCUT2D eigenvalue weighted by Gasteiger charge is 2.16. The first-order chi connectivity index (χ1) is 16.6. The summed E-state index contributed by atoms with van der Waals surface area (Å²) in [5.41, 5.74) is 4.80. The van der Waals surface area contributed by atoms with Crippen LogP contribution in [-0.4, -0.2) is 51.2 Å². The van der Waals surface area contributed by atoms with Gasteiger partial charge in [0.1, 0.15) is 17.3 Å². The van der Waals surface area contributed by atoms with Gasteiger partial charge in [-0.15, -0.1) is 0 Å². The number of benzene rings is 1. The van der Waals surface area contributed by atoms with Crippen molar-refractivity contribution in [2.45, 2.75) is 19.8 Å². The van der Waals surface area contributed by atoms with Gasteiger partial charge in [0.05, 0.1) is 30.3 Å². The molecule has 1 saturated heterocycles. The van der Waals surface area contributed by atoms with Crippen LogP contribution in [0.3, 0.4) is 0 Å². The van der Waals surface area contributed by atoms with E-state index in [1.165, 1.54) is 0 Å². The molecular formula is C26H25FN6O. The molecule has 5 rings (SSSR count). The van der Waals surface area contributed by atoms with Gasteiger partial charge in [0.15, 0.2) is 5.82 Å². The Morgan fingerprint density at radius 1 is 0.882 bits per heavy atom. The number of aromatic nitrogens is 5. The van der Waals surface area contributed by atoms with Gasteiger partial charge in [-0.25, -0.2) is 29.3 Å². The molecule has 3 aromatic heterocycles. The zero-order valence-corrected chi connectivity index (χ0v) is 19.0. The molecule has 0 amide bonds. The Balaban J connectivity index is 1.30. The molecule has 1 fully saturated rings. The van der Waals surface area contributed by atoms with Gasteiger partial charge in [-0.1, -0.05) is 12.1 Å². The van der Waals surface area contributed by atoms with Crippen molar-refractivity contribution in [3.63, 3.8) is 0 Å². The Labute approximate surface area is 197 Å². The van der Waals surface area contributed by atoms with E-state index >= 15 is 0 Å². The zero-order valence-electron chi connectivity index (χ0n) is 19.0. The number of nitrogens with zero attached hydrogens (tertiary/aromatic N) is 6. The van der Waals surface area contributed by atoms with Crippen molar-refractivity contribution in [2.75, 3.05) is 31.2 Å². The van der Waals surface area contributed by atoms with E-state index in [2.05, 4.69) is 24.9 Å². The smallest absolute Gasteiger partial charge is 0.178 e. The van der Waals surface area contributed by atoms with Crippen LogP contribution in [-0.2, 0) is 17.6 Å². The summed E-state index contributed by atoms with van der Waals surface area (Å²) in [6, 6.07) is 14.9. The highest BCUT2D eigenvalue weighted by molar-refractivity contribution is 5.50. The first-order valence-electron chi connectivity index (χ1n) is 11.3. The number of morpholine rings is 1. The summed E-state index contributed by atoms with van der Waals surface area (Å²) in [7, 11) is 0. The second kappa shape index (κ2) is 10.0. The molecule has 4 aromatic rings. The summed E-state index contributed by atoms with van der Waals surface area (Å²) in [6.45, 7) is 4.59. The monoisotopic (exact) mass is 456 g/mol. The highest BCUT2D eigenvalue weighted by Crippen LogP contribution is 2.22. The molecule has 7 nitrogen and oxygen atoms in total. The van der Waals surface area contributed by atoms with E-state index in [0.29, 0.717) is 56.5 Å². The Hall–Kier alpha value is -3.78. The van der Waals surface area contributed by atoms with E-state index < -0.39 is 0 Å². The van der Waals surface area contributed by atoms with E-state index in [-0.39, 0.29) is 5.82 Å². The van der Waals surface area contributed by atoms with Crippen LogP contribution >= 0.6 is 0 Å². The topological polar surface area (TPSA) is 76.9 Å². The average Bonchev–Trinajstić information content (AvgIpc) is 2.85. The quantitative estimate of drug-likeness (QED) is 0.437. The first kappa shape index (κ1) is 22.0. The lowest BCUT2D eigenvalue weighted by atomic mass is 10.1. The fourth-order valence-electron chi connectivity index (χ4n) is 4.00. The van der Waals surface area contributed by atoms with Gasteiger partial charge < -0.3 is 9.64 Å². The maximum absolute atomic E-state index is 14.8. The minimum atomic E-state index is -0.228. The molecule has 0 spiro atoms. The van der Waals surface area contributed by atoms with Crippen molar-refractivity contribution in [2.24, 2.45) is 0 Å². The number of aryl methyl sites for hydroxylation is 1. The van der Waals surface area contributed by atoms with Crippen molar-refractivity contribution < 1.29 is 9.13 Å².